The van der Waals surface area contributed by atoms with Gasteiger partial charge in [0, 0.05) is 50.6 Å². The third-order valence-corrected chi connectivity index (χ3v) is 9.43. The van der Waals surface area contributed by atoms with Gasteiger partial charge in [0.2, 0.25) is 0 Å². The van der Waals surface area contributed by atoms with Crippen molar-refractivity contribution < 1.29 is 6.29 Å². The number of hydrogen-bond acceptors (Lipinski definition) is 4. The summed E-state index contributed by atoms with van der Waals surface area (Å²) in [6, 6.07) is 46.0. The fourth-order valence-electron chi connectivity index (χ4n) is 7.16. The van der Waals surface area contributed by atoms with Crippen molar-refractivity contribution in [3.63, 3.8) is 0 Å². The van der Waals surface area contributed by atoms with Crippen molar-refractivity contribution in [1.82, 2.24) is 19.9 Å². The van der Waals surface area contributed by atoms with Gasteiger partial charge in [0.15, 0.2) is 0 Å². The molecule has 5 heterocycles. The minimum atomic E-state index is -1.41. The van der Waals surface area contributed by atoms with Crippen LogP contribution in [0.15, 0.2) is 146 Å². The van der Waals surface area contributed by atoms with E-state index in [2.05, 4.69) is 40.3 Å². The minimum Gasteiger partial charge on any atom is -0.354 e. The van der Waals surface area contributed by atoms with Crippen molar-refractivity contribution in [3.05, 3.63) is 178 Å². The lowest BCUT2D eigenvalue weighted by Crippen LogP contribution is -2.10. The number of fused-ring (bicyclic) bond motifs is 8. The van der Waals surface area contributed by atoms with Crippen molar-refractivity contribution in [3.8, 4) is 44.5 Å². The zero-order valence-electron chi connectivity index (χ0n) is 28.3. The lowest BCUT2D eigenvalue weighted by Gasteiger charge is -2.08. The Bertz CT molecular complexity index is 2670. The van der Waals surface area contributed by atoms with Crippen LogP contribution in [0, 0.1) is 10.1 Å². The zero-order valence-corrected chi connectivity index (χ0v) is 27.3. The molecule has 2 N–H and O–H groups in total. The second-order valence-corrected chi connectivity index (χ2v) is 12.5. The Kier molecular flexibility index (Phi) is 7.16. The summed E-state index contributed by atoms with van der Waals surface area (Å²) in [5.74, 6) is 0. The standard InChI is InChI=1S/C44H31N5O2/c50-49(51)39-27-38-42(30-17-9-3-10-18-30)36-24-23-34(46-36)40(28-13-5-1-6-14-28)32-21-22-33(45-32)41(29-15-7-2-8-16-29)35-25-26-37(47-35)43(44(39)48-38)31-19-11-4-12-20-31/h1-26,39,46-47H,27H2/i27D. The molecule has 0 spiro atoms. The molecule has 2 atom stereocenters. The third-order valence-electron chi connectivity index (χ3n) is 9.43. The van der Waals surface area contributed by atoms with Crippen molar-refractivity contribution in [2.45, 2.75) is 12.4 Å². The van der Waals surface area contributed by atoms with Crippen molar-refractivity contribution in [2.24, 2.45) is 0 Å². The van der Waals surface area contributed by atoms with Gasteiger partial charge in [0.1, 0.15) is 5.69 Å². The zero-order chi connectivity index (χ0) is 35.2. The topological polar surface area (TPSA) is 100 Å². The van der Waals surface area contributed by atoms with Gasteiger partial charge in [-0.15, -0.1) is 0 Å². The van der Waals surface area contributed by atoms with Gasteiger partial charge in [-0.2, -0.15) is 0 Å². The van der Waals surface area contributed by atoms with Crippen LogP contribution >= 0.6 is 0 Å². The number of nitrogens with zero attached hydrogens (tertiary/aromatic N) is 3. The van der Waals surface area contributed by atoms with Crippen LogP contribution in [0.4, 0.5) is 0 Å². The number of rotatable bonds is 5. The normalized spacial score (nSPS) is 15.4. The Balaban J connectivity index is 1.52. The molecule has 0 aliphatic carbocycles. The fraction of sp³-hybridized carbons (Fsp3) is 0.0455. The molecular formula is C44H31N5O2. The second-order valence-electron chi connectivity index (χ2n) is 12.5. The van der Waals surface area contributed by atoms with E-state index in [4.69, 9.17) is 9.97 Å². The molecule has 2 aliphatic rings. The molecule has 51 heavy (non-hydrogen) atoms. The van der Waals surface area contributed by atoms with Crippen LogP contribution in [0.1, 0.15) is 30.2 Å². The fourth-order valence-corrected chi connectivity index (χ4v) is 7.16. The maximum Gasteiger partial charge on any atom is 0.260 e. The molecule has 0 fully saturated rings. The summed E-state index contributed by atoms with van der Waals surface area (Å²) in [6.45, 7) is 0. The number of benzene rings is 4. The van der Waals surface area contributed by atoms with Crippen LogP contribution in [0.2, 0.25) is 0 Å². The summed E-state index contributed by atoms with van der Waals surface area (Å²) in [5.41, 5.74) is 11.6. The Labute approximate surface area is 295 Å². The maximum absolute atomic E-state index is 13.0. The van der Waals surface area contributed by atoms with E-state index in [-0.39, 0.29) is 10.6 Å². The highest BCUT2D eigenvalue weighted by molar-refractivity contribution is 5.97. The van der Waals surface area contributed by atoms with Crippen LogP contribution < -0.4 is 0 Å². The quantitative estimate of drug-likeness (QED) is 0.141. The number of nitrogens with one attached hydrogen (secondary N) is 2. The van der Waals surface area contributed by atoms with Gasteiger partial charge in [-0.1, -0.05) is 121 Å². The summed E-state index contributed by atoms with van der Waals surface area (Å²) in [5, 5.41) is 13.0. The predicted molar refractivity (Wildman–Crippen MR) is 205 cm³/mol. The lowest BCUT2D eigenvalue weighted by atomic mass is 9.98. The average Bonchev–Trinajstić information content (AvgIpc) is 4.00. The smallest absolute Gasteiger partial charge is 0.260 e. The van der Waals surface area contributed by atoms with E-state index in [1.807, 2.05) is 127 Å². The average molecular weight is 663 g/mol. The van der Waals surface area contributed by atoms with Gasteiger partial charge in [-0.05, 0) is 58.7 Å². The number of nitro groups is 1. The molecule has 0 radical (unpaired) electrons. The molecule has 2 aliphatic heterocycles. The van der Waals surface area contributed by atoms with Crippen molar-refractivity contribution in [1.29, 1.82) is 0 Å². The summed E-state index contributed by atoms with van der Waals surface area (Å²) in [7, 11) is 0. The van der Waals surface area contributed by atoms with Gasteiger partial charge >= 0.3 is 0 Å². The summed E-state index contributed by atoms with van der Waals surface area (Å²) in [6.07, 6.45) is 2.82. The van der Waals surface area contributed by atoms with Crippen LogP contribution in [0.25, 0.3) is 78.7 Å². The van der Waals surface area contributed by atoms with Gasteiger partial charge in [-0.3, -0.25) is 10.1 Å². The first-order valence-corrected chi connectivity index (χ1v) is 16.8. The van der Waals surface area contributed by atoms with Crippen molar-refractivity contribution >= 4 is 34.2 Å². The first kappa shape index (κ1) is 29.1. The molecule has 7 heteroatoms. The van der Waals surface area contributed by atoms with E-state index in [1.165, 1.54) is 0 Å². The summed E-state index contributed by atoms with van der Waals surface area (Å²) >= 11 is 0. The van der Waals surface area contributed by atoms with E-state index in [9.17, 15) is 11.5 Å². The minimum absolute atomic E-state index is 0.235. The van der Waals surface area contributed by atoms with Crippen LogP contribution in [0.3, 0.4) is 0 Å². The summed E-state index contributed by atoms with van der Waals surface area (Å²) < 4.78 is 9.49. The first-order chi connectivity index (χ1) is 25.5. The van der Waals surface area contributed by atoms with E-state index in [0.29, 0.717) is 27.9 Å². The highest BCUT2D eigenvalue weighted by Crippen LogP contribution is 2.41. The molecule has 7 nitrogen and oxygen atoms in total. The van der Waals surface area contributed by atoms with Gasteiger partial charge in [0.25, 0.3) is 6.04 Å². The molecular weight excluding hydrogens is 631 g/mol. The second kappa shape index (κ2) is 12.5. The van der Waals surface area contributed by atoms with E-state index in [1.54, 1.807) is 0 Å². The molecule has 0 saturated heterocycles. The Hall–Kier alpha value is -6.86. The van der Waals surface area contributed by atoms with E-state index in [0.717, 1.165) is 55.8 Å². The lowest BCUT2D eigenvalue weighted by molar-refractivity contribution is -0.527. The van der Waals surface area contributed by atoms with Crippen LogP contribution in [0.5, 0.6) is 0 Å². The van der Waals surface area contributed by atoms with Gasteiger partial charge in [0.05, 0.1) is 23.5 Å². The van der Waals surface area contributed by atoms with Gasteiger partial charge in [-0.25, -0.2) is 9.97 Å². The number of aromatic amines is 2. The maximum atomic E-state index is 13.0. The predicted octanol–water partition coefficient (Wildman–Crippen LogP) is 10.7. The SMILES string of the molecule is [2H]C1c2nc(c(-c3ccccc3)c3ccc([nH]3)c(-c3ccccc3)c3nc(c(-c4ccccc4)c4ccc([nH]4)c2-c2ccccc2)C=C3)C1[N+](=O)[O-]. The Morgan fingerprint density at radius 2 is 0.902 bits per heavy atom. The largest absolute Gasteiger partial charge is 0.354 e. The highest BCUT2D eigenvalue weighted by atomic mass is 16.6. The molecule has 8 bridgehead atoms. The molecule has 3 aromatic heterocycles. The molecule has 9 rings (SSSR count). The van der Waals surface area contributed by atoms with E-state index < -0.39 is 12.4 Å². The van der Waals surface area contributed by atoms with Gasteiger partial charge < -0.3 is 9.97 Å². The van der Waals surface area contributed by atoms with Crippen molar-refractivity contribution in [2.75, 3.05) is 0 Å². The van der Waals surface area contributed by atoms with Crippen LogP contribution in [-0.4, -0.2) is 24.9 Å². The van der Waals surface area contributed by atoms with E-state index >= 15 is 0 Å². The molecule has 244 valence electrons. The molecule has 4 aromatic carbocycles. The molecule has 2 unspecified atom stereocenters. The summed E-state index contributed by atoms with van der Waals surface area (Å²) in [4.78, 5) is 30.3. The monoisotopic (exact) mass is 662 g/mol. The first-order valence-electron chi connectivity index (χ1n) is 17.4. The third kappa shape index (κ3) is 5.41. The molecule has 0 amide bonds. The highest BCUT2D eigenvalue weighted by Gasteiger charge is 2.35. The van der Waals surface area contributed by atoms with Crippen LogP contribution in [-0.2, 0) is 6.40 Å². The number of aromatic nitrogens is 4. The molecule has 0 saturated carbocycles. The Morgan fingerprint density at radius 3 is 1.33 bits per heavy atom. The number of hydrogen-bond donors (Lipinski definition) is 2. The number of H-pyrrole nitrogens is 2. The molecule has 7 aromatic rings. The Morgan fingerprint density at radius 1 is 0.529 bits per heavy atom.